The summed E-state index contributed by atoms with van der Waals surface area (Å²) < 4.78 is 39.6. The van der Waals surface area contributed by atoms with Gasteiger partial charge in [0.25, 0.3) is 5.91 Å². The van der Waals surface area contributed by atoms with Crippen molar-refractivity contribution in [3.63, 3.8) is 0 Å². The third-order valence-corrected chi connectivity index (χ3v) is 6.09. The van der Waals surface area contributed by atoms with Gasteiger partial charge in [0.1, 0.15) is 5.82 Å². The number of amidine groups is 1. The minimum atomic E-state index is -4.49. The van der Waals surface area contributed by atoms with Crippen molar-refractivity contribution in [1.82, 2.24) is 9.88 Å². The molecular weight excluding hydrogens is 437 g/mol. The number of aliphatic imine (C=N–C) groups is 1. The molecule has 1 amide bonds. The van der Waals surface area contributed by atoms with Crippen LogP contribution in [0.1, 0.15) is 11.1 Å². The molecule has 5 nitrogen and oxygen atoms in total. The van der Waals surface area contributed by atoms with Gasteiger partial charge in [-0.15, -0.1) is 0 Å². The molecule has 10 heteroatoms. The third-order valence-electron chi connectivity index (χ3n) is 4.75. The van der Waals surface area contributed by atoms with E-state index in [0.717, 1.165) is 17.8 Å². The number of hydrogen-bond donors (Lipinski definition) is 0. The Morgan fingerprint density at radius 1 is 1.03 bits per heavy atom. The Bertz CT molecular complexity index is 1030. The van der Waals surface area contributed by atoms with Crippen molar-refractivity contribution in [3.05, 3.63) is 63.6 Å². The minimum absolute atomic E-state index is 0.0492. The monoisotopic (exact) mass is 452 g/mol. The van der Waals surface area contributed by atoms with Crippen LogP contribution in [0.3, 0.4) is 0 Å². The highest BCUT2D eigenvalue weighted by atomic mass is 35.5. The molecular formula is C20H16ClF3N4OS. The molecule has 0 spiro atoms. The van der Waals surface area contributed by atoms with Crippen LogP contribution >= 0.6 is 23.4 Å². The number of carbonyl (C=O) groups is 1. The molecule has 3 heterocycles. The van der Waals surface area contributed by atoms with Gasteiger partial charge in [-0.05, 0) is 41.6 Å². The lowest BCUT2D eigenvalue weighted by Gasteiger charge is -2.36. The van der Waals surface area contributed by atoms with Gasteiger partial charge in [0.2, 0.25) is 0 Å². The average molecular weight is 453 g/mol. The van der Waals surface area contributed by atoms with E-state index in [0.29, 0.717) is 42.2 Å². The number of hydrogen-bond acceptors (Lipinski definition) is 5. The van der Waals surface area contributed by atoms with Gasteiger partial charge in [0.05, 0.1) is 15.5 Å². The molecule has 0 radical (unpaired) electrons. The molecule has 2 aromatic rings. The second kappa shape index (κ2) is 8.31. The normalized spacial score (nSPS) is 18.9. The maximum absolute atomic E-state index is 13.2. The van der Waals surface area contributed by atoms with Crippen molar-refractivity contribution in [2.24, 2.45) is 4.99 Å². The summed E-state index contributed by atoms with van der Waals surface area (Å²) in [6, 6.07) is 8.72. The molecule has 0 unspecified atom stereocenters. The number of anilines is 1. The summed E-state index contributed by atoms with van der Waals surface area (Å²) in [5, 5.41) is 1.07. The van der Waals surface area contributed by atoms with Crippen molar-refractivity contribution in [1.29, 1.82) is 0 Å². The Balaban J connectivity index is 1.46. The van der Waals surface area contributed by atoms with Gasteiger partial charge in [0, 0.05) is 32.4 Å². The number of rotatable bonds is 2. The number of halogens is 4. The van der Waals surface area contributed by atoms with Gasteiger partial charge in [-0.3, -0.25) is 4.79 Å². The Morgan fingerprint density at radius 2 is 1.73 bits per heavy atom. The van der Waals surface area contributed by atoms with Gasteiger partial charge < -0.3 is 9.80 Å². The molecule has 2 aliphatic heterocycles. The van der Waals surface area contributed by atoms with Crippen molar-refractivity contribution in [2.75, 3.05) is 31.1 Å². The third kappa shape index (κ3) is 4.32. The molecule has 1 saturated heterocycles. The zero-order valence-electron chi connectivity index (χ0n) is 15.6. The summed E-state index contributed by atoms with van der Waals surface area (Å²) >= 11 is 7.30. The van der Waals surface area contributed by atoms with Crippen LogP contribution in [0.15, 0.2) is 52.5 Å². The summed E-state index contributed by atoms with van der Waals surface area (Å²) in [6.45, 7) is 2.47. The predicted octanol–water partition coefficient (Wildman–Crippen LogP) is 4.55. The molecule has 0 atom stereocenters. The summed E-state index contributed by atoms with van der Waals surface area (Å²) in [5.74, 6) is 0.183. The molecule has 0 aliphatic carbocycles. The predicted molar refractivity (Wildman–Crippen MR) is 112 cm³/mol. The zero-order chi connectivity index (χ0) is 21.3. The number of benzene rings is 1. The van der Waals surface area contributed by atoms with Crippen LogP contribution in [0.4, 0.5) is 19.0 Å². The van der Waals surface area contributed by atoms with Crippen LogP contribution in [0.2, 0.25) is 5.02 Å². The van der Waals surface area contributed by atoms with E-state index in [2.05, 4.69) is 14.9 Å². The Kier molecular flexibility index (Phi) is 5.75. The van der Waals surface area contributed by atoms with Crippen LogP contribution in [0.25, 0.3) is 6.08 Å². The van der Waals surface area contributed by atoms with E-state index < -0.39 is 17.6 Å². The highest BCUT2D eigenvalue weighted by Gasteiger charge is 2.34. The first-order valence-electron chi connectivity index (χ1n) is 9.12. The first-order valence-corrected chi connectivity index (χ1v) is 10.3. The summed E-state index contributed by atoms with van der Waals surface area (Å²) in [6.07, 6.45) is -1.55. The maximum atomic E-state index is 13.2. The van der Waals surface area contributed by atoms with E-state index in [4.69, 9.17) is 11.6 Å². The molecule has 30 heavy (non-hydrogen) atoms. The lowest BCUT2D eigenvalue weighted by Crippen LogP contribution is -2.48. The molecule has 0 N–H and O–H groups in total. The van der Waals surface area contributed by atoms with E-state index in [-0.39, 0.29) is 10.5 Å². The van der Waals surface area contributed by atoms with Gasteiger partial charge in [-0.2, -0.15) is 18.2 Å². The number of carbonyl (C=O) groups excluding carboxylic acids is 1. The lowest BCUT2D eigenvalue weighted by atomic mass is 10.1. The van der Waals surface area contributed by atoms with Gasteiger partial charge in [-0.25, -0.2) is 4.98 Å². The van der Waals surface area contributed by atoms with E-state index in [1.54, 1.807) is 18.3 Å². The summed E-state index contributed by atoms with van der Waals surface area (Å²) in [5.41, 5.74) is -0.827. The summed E-state index contributed by atoms with van der Waals surface area (Å²) in [7, 11) is 0. The number of amides is 1. The second-order valence-corrected chi connectivity index (χ2v) is 8.09. The van der Waals surface area contributed by atoms with Crippen LogP contribution in [0.5, 0.6) is 0 Å². The SMILES string of the molecule is O=C1N=C(N2CCN(c3ncccc3Cl)CC2)SC1=Cc1ccccc1C(F)(F)F. The Labute approximate surface area is 180 Å². The Morgan fingerprint density at radius 3 is 2.43 bits per heavy atom. The van der Waals surface area contributed by atoms with E-state index in [1.165, 1.54) is 24.3 Å². The minimum Gasteiger partial charge on any atom is -0.352 e. The quantitative estimate of drug-likeness (QED) is 0.626. The van der Waals surface area contributed by atoms with Gasteiger partial charge in [0.15, 0.2) is 5.17 Å². The van der Waals surface area contributed by atoms with Crippen molar-refractivity contribution in [3.8, 4) is 0 Å². The molecule has 1 fully saturated rings. The zero-order valence-corrected chi connectivity index (χ0v) is 17.1. The molecule has 1 aromatic carbocycles. The number of piperazine rings is 1. The molecule has 0 saturated carbocycles. The highest BCUT2D eigenvalue weighted by Crippen LogP contribution is 2.36. The molecule has 2 aliphatic rings. The van der Waals surface area contributed by atoms with Gasteiger partial charge in [-0.1, -0.05) is 29.8 Å². The second-order valence-electron chi connectivity index (χ2n) is 6.68. The topological polar surface area (TPSA) is 48.8 Å². The smallest absolute Gasteiger partial charge is 0.352 e. The van der Waals surface area contributed by atoms with E-state index in [9.17, 15) is 18.0 Å². The highest BCUT2D eigenvalue weighted by molar-refractivity contribution is 8.18. The van der Waals surface area contributed by atoms with Crippen LogP contribution in [-0.2, 0) is 11.0 Å². The largest absolute Gasteiger partial charge is 0.416 e. The van der Waals surface area contributed by atoms with Crippen molar-refractivity contribution < 1.29 is 18.0 Å². The van der Waals surface area contributed by atoms with Crippen LogP contribution in [0, 0.1) is 0 Å². The van der Waals surface area contributed by atoms with Crippen molar-refractivity contribution in [2.45, 2.75) is 6.18 Å². The van der Waals surface area contributed by atoms with E-state index >= 15 is 0 Å². The fourth-order valence-corrected chi connectivity index (χ4v) is 4.47. The number of pyridine rings is 1. The fraction of sp³-hybridized carbons (Fsp3) is 0.250. The molecule has 0 bridgehead atoms. The molecule has 1 aromatic heterocycles. The van der Waals surface area contributed by atoms with Crippen molar-refractivity contribution >= 4 is 46.3 Å². The Hall–Kier alpha value is -2.52. The standard InChI is InChI=1S/C20H16ClF3N4OS/c21-15-6-3-7-25-17(15)27-8-10-28(11-9-27)19-26-18(29)16(30-19)12-13-4-1-2-5-14(13)20(22,23)24/h1-7,12H,8-11H2. The first kappa shape index (κ1) is 20.7. The fourth-order valence-electron chi connectivity index (χ4n) is 3.28. The number of aromatic nitrogens is 1. The van der Waals surface area contributed by atoms with Crippen LogP contribution in [-0.4, -0.2) is 47.1 Å². The average Bonchev–Trinajstić information content (AvgIpc) is 3.08. The number of alkyl halides is 3. The van der Waals surface area contributed by atoms with E-state index in [1.807, 2.05) is 4.90 Å². The first-order chi connectivity index (χ1) is 14.3. The lowest BCUT2D eigenvalue weighted by molar-refractivity contribution is -0.137. The summed E-state index contributed by atoms with van der Waals surface area (Å²) in [4.78, 5) is 24.8. The number of nitrogens with zero attached hydrogens (tertiary/aromatic N) is 4. The van der Waals surface area contributed by atoms with Gasteiger partial charge >= 0.3 is 6.18 Å². The maximum Gasteiger partial charge on any atom is 0.416 e. The molecule has 156 valence electrons. The molecule has 4 rings (SSSR count). The number of thioether (sulfide) groups is 1. The van der Waals surface area contributed by atoms with Crippen LogP contribution < -0.4 is 4.90 Å².